The van der Waals surface area contributed by atoms with Crippen LogP contribution < -0.4 is 5.32 Å². The smallest absolute Gasteiger partial charge is 0.222 e. The van der Waals surface area contributed by atoms with Crippen LogP contribution in [0.2, 0.25) is 0 Å². The number of rotatable bonds is 54. The summed E-state index contributed by atoms with van der Waals surface area (Å²) >= 11 is 0. The molecule has 0 bridgehead atoms. The maximum atomic E-state index is 12.5. The number of aliphatic hydroxyl groups excluding tert-OH is 3. The molecule has 0 aromatic rings. The van der Waals surface area contributed by atoms with Gasteiger partial charge in [0.1, 0.15) is 0 Å². The van der Waals surface area contributed by atoms with E-state index in [1.807, 2.05) is 6.08 Å². The first-order chi connectivity index (χ1) is 31.5. The maximum Gasteiger partial charge on any atom is 0.222 e. The topological polar surface area (TPSA) is 89.8 Å². The number of amides is 1. The first-order valence-electron chi connectivity index (χ1n) is 29.1. The number of allylic oxidation sites excluding steroid dienone is 3. The predicted molar refractivity (Wildman–Crippen MR) is 282 cm³/mol. The molecule has 3 atom stereocenters. The monoisotopic (exact) mass is 902 g/mol. The number of aliphatic hydroxyl groups is 3. The standard InChI is InChI=1S/C59H115NO4/c1-3-5-7-9-11-13-15-17-19-21-23-25-27-29-31-33-35-37-39-41-43-45-47-49-51-53-58(63)57(55-61)60-59(64)54-56(62)52-50-48-46-44-42-40-38-36-34-32-30-28-26-24-22-20-18-16-14-12-10-8-6-4-2/h43,45,51,53,56-58,61-63H,3-42,44,46-50,52,54-55H2,1-2H3,(H,60,64)/b45-43+,53-51+. The summed E-state index contributed by atoms with van der Waals surface area (Å²) in [6, 6.07) is -0.759. The average Bonchev–Trinajstić information content (AvgIpc) is 3.29. The molecule has 0 saturated carbocycles. The van der Waals surface area contributed by atoms with Gasteiger partial charge in [-0.3, -0.25) is 4.79 Å². The molecule has 0 aromatic carbocycles. The van der Waals surface area contributed by atoms with E-state index in [4.69, 9.17) is 0 Å². The van der Waals surface area contributed by atoms with Crippen molar-refractivity contribution in [2.75, 3.05) is 6.61 Å². The molecular formula is C59H115NO4. The van der Waals surface area contributed by atoms with Crippen LogP contribution in [0.4, 0.5) is 0 Å². The van der Waals surface area contributed by atoms with E-state index in [-0.39, 0.29) is 18.9 Å². The van der Waals surface area contributed by atoms with Gasteiger partial charge in [-0.05, 0) is 32.1 Å². The number of hydrogen-bond donors (Lipinski definition) is 4. The summed E-state index contributed by atoms with van der Waals surface area (Å²) in [6.07, 6.45) is 69.5. The Balaban J connectivity index is 3.57. The Bertz CT molecular complexity index is 951. The first-order valence-corrected chi connectivity index (χ1v) is 29.1. The molecule has 64 heavy (non-hydrogen) atoms. The highest BCUT2D eigenvalue weighted by Gasteiger charge is 2.20. The van der Waals surface area contributed by atoms with Crippen LogP contribution in [0.25, 0.3) is 0 Å². The summed E-state index contributed by atoms with van der Waals surface area (Å²) in [5.41, 5.74) is 0. The molecular weight excluding hydrogens is 787 g/mol. The molecule has 0 aliphatic heterocycles. The van der Waals surface area contributed by atoms with E-state index >= 15 is 0 Å². The summed E-state index contributed by atoms with van der Waals surface area (Å²) in [7, 11) is 0. The minimum Gasteiger partial charge on any atom is -0.394 e. The fraction of sp³-hybridized carbons (Fsp3) is 0.915. The molecule has 1 amide bonds. The molecule has 0 fully saturated rings. The highest BCUT2D eigenvalue weighted by Crippen LogP contribution is 2.18. The Kier molecular flexibility index (Phi) is 53.4. The maximum absolute atomic E-state index is 12.5. The molecule has 5 nitrogen and oxygen atoms in total. The van der Waals surface area contributed by atoms with Gasteiger partial charge in [0.15, 0.2) is 0 Å². The van der Waals surface area contributed by atoms with Crippen LogP contribution in [-0.4, -0.2) is 46.1 Å². The van der Waals surface area contributed by atoms with E-state index in [1.165, 1.54) is 263 Å². The van der Waals surface area contributed by atoms with Crippen LogP contribution in [-0.2, 0) is 4.79 Å². The van der Waals surface area contributed by atoms with Gasteiger partial charge in [-0.15, -0.1) is 0 Å². The van der Waals surface area contributed by atoms with Crippen LogP contribution in [0.3, 0.4) is 0 Å². The van der Waals surface area contributed by atoms with E-state index in [0.717, 1.165) is 32.1 Å². The van der Waals surface area contributed by atoms with Crippen molar-refractivity contribution in [3.8, 4) is 0 Å². The molecule has 0 aromatic heterocycles. The highest BCUT2D eigenvalue weighted by atomic mass is 16.3. The molecule has 0 rings (SSSR count). The lowest BCUT2D eigenvalue weighted by molar-refractivity contribution is -0.124. The molecule has 0 saturated heterocycles. The van der Waals surface area contributed by atoms with Crippen molar-refractivity contribution < 1.29 is 20.1 Å². The minimum atomic E-state index is -0.950. The Morgan fingerprint density at radius 3 is 1.00 bits per heavy atom. The Labute approximate surface area is 401 Å². The van der Waals surface area contributed by atoms with Gasteiger partial charge in [0.25, 0.3) is 0 Å². The van der Waals surface area contributed by atoms with E-state index in [9.17, 15) is 20.1 Å². The van der Waals surface area contributed by atoms with Gasteiger partial charge in [0.05, 0.1) is 31.3 Å². The van der Waals surface area contributed by atoms with E-state index in [0.29, 0.717) is 6.42 Å². The lowest BCUT2D eigenvalue weighted by atomic mass is 10.0. The summed E-state index contributed by atoms with van der Waals surface area (Å²) in [4.78, 5) is 12.5. The molecule has 380 valence electrons. The number of carbonyl (C=O) groups excluding carboxylic acids is 1. The van der Waals surface area contributed by atoms with Gasteiger partial charge in [0.2, 0.25) is 5.91 Å². The second-order valence-corrected chi connectivity index (χ2v) is 20.3. The van der Waals surface area contributed by atoms with Crippen molar-refractivity contribution in [3.05, 3.63) is 24.3 Å². The fourth-order valence-corrected chi connectivity index (χ4v) is 9.30. The molecule has 0 heterocycles. The van der Waals surface area contributed by atoms with Crippen molar-refractivity contribution >= 4 is 5.91 Å². The number of unbranched alkanes of at least 4 members (excludes halogenated alkanes) is 43. The van der Waals surface area contributed by atoms with Crippen LogP contribution in [0.1, 0.15) is 322 Å². The van der Waals surface area contributed by atoms with Crippen LogP contribution in [0, 0.1) is 0 Å². The number of carbonyl (C=O) groups is 1. The normalized spacial score (nSPS) is 13.4. The first kappa shape index (κ1) is 62.8. The van der Waals surface area contributed by atoms with Gasteiger partial charge in [-0.25, -0.2) is 0 Å². The third-order valence-electron chi connectivity index (χ3n) is 13.7. The second kappa shape index (κ2) is 54.4. The zero-order chi connectivity index (χ0) is 46.5. The molecule has 0 aliphatic rings. The quantitative estimate of drug-likeness (QED) is 0.0362. The zero-order valence-corrected chi connectivity index (χ0v) is 43.4. The molecule has 3 unspecified atom stereocenters. The summed E-state index contributed by atoms with van der Waals surface area (Å²) in [6.45, 7) is 4.25. The third kappa shape index (κ3) is 50.2. The summed E-state index contributed by atoms with van der Waals surface area (Å²) in [5.74, 6) is -0.318. The summed E-state index contributed by atoms with van der Waals surface area (Å²) in [5, 5.41) is 33.5. The number of nitrogens with one attached hydrogen (secondary N) is 1. The van der Waals surface area contributed by atoms with E-state index in [2.05, 4.69) is 31.3 Å². The predicted octanol–water partition coefficient (Wildman–Crippen LogP) is 18.1. The van der Waals surface area contributed by atoms with Gasteiger partial charge < -0.3 is 20.6 Å². The molecule has 5 heteroatoms. The van der Waals surface area contributed by atoms with Crippen molar-refractivity contribution in [3.63, 3.8) is 0 Å². The molecule has 0 aliphatic carbocycles. The molecule has 0 radical (unpaired) electrons. The molecule has 0 spiro atoms. The van der Waals surface area contributed by atoms with Crippen molar-refractivity contribution in [1.82, 2.24) is 5.32 Å². The lowest BCUT2D eigenvalue weighted by Crippen LogP contribution is -2.45. The van der Waals surface area contributed by atoms with Crippen LogP contribution in [0.5, 0.6) is 0 Å². The van der Waals surface area contributed by atoms with Crippen LogP contribution >= 0.6 is 0 Å². The van der Waals surface area contributed by atoms with Gasteiger partial charge in [-0.2, -0.15) is 0 Å². The number of hydrogen-bond acceptors (Lipinski definition) is 4. The third-order valence-corrected chi connectivity index (χ3v) is 13.7. The van der Waals surface area contributed by atoms with Gasteiger partial charge >= 0.3 is 0 Å². The van der Waals surface area contributed by atoms with Crippen molar-refractivity contribution in [1.29, 1.82) is 0 Å². The van der Waals surface area contributed by atoms with E-state index in [1.54, 1.807) is 6.08 Å². The van der Waals surface area contributed by atoms with Crippen LogP contribution in [0.15, 0.2) is 24.3 Å². The average molecular weight is 903 g/mol. The van der Waals surface area contributed by atoms with Gasteiger partial charge in [0, 0.05) is 0 Å². The van der Waals surface area contributed by atoms with Gasteiger partial charge in [-0.1, -0.05) is 308 Å². The van der Waals surface area contributed by atoms with Crippen molar-refractivity contribution in [2.24, 2.45) is 0 Å². The van der Waals surface area contributed by atoms with E-state index < -0.39 is 18.2 Å². The Morgan fingerprint density at radius 2 is 0.672 bits per heavy atom. The largest absolute Gasteiger partial charge is 0.394 e. The Hall–Kier alpha value is -1.17. The summed E-state index contributed by atoms with van der Waals surface area (Å²) < 4.78 is 0. The molecule has 4 N–H and O–H groups in total. The highest BCUT2D eigenvalue weighted by molar-refractivity contribution is 5.76. The minimum absolute atomic E-state index is 0.0105. The Morgan fingerprint density at radius 1 is 0.391 bits per heavy atom. The fourth-order valence-electron chi connectivity index (χ4n) is 9.30. The second-order valence-electron chi connectivity index (χ2n) is 20.3. The SMILES string of the molecule is CCCCCCCCCCCCCCCCCCCCC/C=C/CC/C=C/C(O)C(CO)NC(=O)CC(O)CCCCCCCCCCCCCCCCCCCCCCCCCC. The zero-order valence-electron chi connectivity index (χ0n) is 43.4. The lowest BCUT2D eigenvalue weighted by Gasteiger charge is -2.21. The van der Waals surface area contributed by atoms with Crippen molar-refractivity contribution in [2.45, 2.75) is 340 Å².